The highest BCUT2D eigenvalue weighted by Crippen LogP contribution is 2.61. The molecule has 0 bridgehead atoms. The van der Waals surface area contributed by atoms with Crippen LogP contribution in [0.15, 0.2) is 134 Å². The molecule has 1 aliphatic carbocycles. The van der Waals surface area contributed by atoms with Crippen molar-refractivity contribution in [1.29, 1.82) is 0 Å². The average Bonchev–Trinajstić information content (AvgIpc) is 3.31. The van der Waals surface area contributed by atoms with E-state index in [1.54, 1.807) is 0 Å². The number of nitrogens with two attached hydrogens (primary N) is 1. The largest absolute Gasteiger partial charge is 0.457 e. The number of benzene rings is 5. The highest BCUT2D eigenvalue weighted by atomic mass is 16.5. The van der Waals surface area contributed by atoms with Gasteiger partial charge in [0.1, 0.15) is 11.5 Å². The minimum absolute atomic E-state index is 0.547. The summed E-state index contributed by atoms with van der Waals surface area (Å²) in [6, 6.07) is 45.2. The Bertz CT molecular complexity index is 1880. The summed E-state index contributed by atoms with van der Waals surface area (Å²) in [6.07, 6.45) is 1.91. The zero-order chi connectivity index (χ0) is 26.7. The van der Waals surface area contributed by atoms with Gasteiger partial charge in [0.15, 0.2) is 0 Å². The highest BCUT2D eigenvalue weighted by molar-refractivity contribution is 5.89. The summed E-state index contributed by atoms with van der Waals surface area (Å²) < 4.78 is 6.45. The van der Waals surface area contributed by atoms with Crippen LogP contribution in [0.3, 0.4) is 0 Å². The van der Waals surface area contributed by atoms with Crippen molar-refractivity contribution >= 4 is 0 Å². The van der Waals surface area contributed by atoms with Gasteiger partial charge in [0.2, 0.25) is 0 Å². The lowest BCUT2D eigenvalue weighted by Gasteiger charge is -2.38. The lowest BCUT2D eigenvalue weighted by molar-refractivity contribution is 0.434. The van der Waals surface area contributed by atoms with Crippen LogP contribution in [0.1, 0.15) is 27.9 Å². The predicted molar refractivity (Wildman–Crippen MR) is 160 cm³/mol. The number of pyridine rings is 1. The van der Waals surface area contributed by atoms with Crippen LogP contribution in [-0.2, 0) is 12.0 Å². The van der Waals surface area contributed by atoms with Gasteiger partial charge in [0.25, 0.3) is 0 Å². The van der Waals surface area contributed by atoms with E-state index in [0.29, 0.717) is 6.54 Å². The van der Waals surface area contributed by atoms with Gasteiger partial charge in [-0.2, -0.15) is 0 Å². The van der Waals surface area contributed by atoms with E-state index in [4.69, 9.17) is 15.5 Å². The SMILES string of the molecule is NCc1ccc(-c2cccc(-c3ccc4c(c3)C3(c5ccccc5Oc5ccccc53)c3ncccc3-4)c2)cc1. The number of aromatic nitrogens is 1. The lowest BCUT2D eigenvalue weighted by atomic mass is 9.67. The van der Waals surface area contributed by atoms with Crippen molar-refractivity contribution in [2.75, 3.05) is 0 Å². The maximum absolute atomic E-state index is 6.45. The molecule has 0 saturated heterocycles. The van der Waals surface area contributed by atoms with Crippen molar-refractivity contribution in [2.24, 2.45) is 5.73 Å². The Labute approximate surface area is 233 Å². The van der Waals surface area contributed by atoms with E-state index in [1.807, 2.05) is 24.4 Å². The van der Waals surface area contributed by atoms with Crippen LogP contribution in [0.5, 0.6) is 11.5 Å². The summed E-state index contributed by atoms with van der Waals surface area (Å²) in [5, 5.41) is 0. The smallest absolute Gasteiger partial charge is 0.132 e. The van der Waals surface area contributed by atoms with Crippen molar-refractivity contribution < 1.29 is 4.74 Å². The molecule has 8 rings (SSSR count). The first-order valence-corrected chi connectivity index (χ1v) is 13.6. The molecule has 0 fully saturated rings. The number of rotatable bonds is 3. The minimum atomic E-state index is -0.566. The first-order valence-electron chi connectivity index (χ1n) is 13.6. The highest BCUT2D eigenvalue weighted by Gasteiger charge is 2.52. The molecule has 0 saturated carbocycles. The predicted octanol–water partition coefficient (Wildman–Crippen LogP) is 8.34. The Morgan fingerprint density at radius 3 is 1.93 bits per heavy atom. The third kappa shape index (κ3) is 3.19. The number of hydrogen-bond donors (Lipinski definition) is 1. The standard InChI is InChI=1S/C37H26N2O/c38-23-24-14-16-25(17-15-24)26-7-5-8-27(21-26)28-18-19-29-30-9-6-20-39-36(30)37(33(29)22-28)31-10-1-3-12-34(31)40-35-13-4-2-11-32(35)37/h1-22H,23,38H2. The van der Waals surface area contributed by atoms with Gasteiger partial charge in [-0.1, -0.05) is 97.1 Å². The van der Waals surface area contributed by atoms with Crippen LogP contribution >= 0.6 is 0 Å². The molecule has 0 radical (unpaired) electrons. The van der Waals surface area contributed by atoms with Gasteiger partial charge < -0.3 is 10.5 Å². The molecular formula is C37H26N2O. The van der Waals surface area contributed by atoms with Gasteiger partial charge in [-0.3, -0.25) is 4.98 Å². The minimum Gasteiger partial charge on any atom is -0.457 e. The van der Waals surface area contributed by atoms with Crippen molar-refractivity contribution in [3.8, 4) is 44.9 Å². The Hall–Kier alpha value is -4.99. The maximum Gasteiger partial charge on any atom is 0.132 e. The van der Waals surface area contributed by atoms with Crippen LogP contribution < -0.4 is 10.5 Å². The van der Waals surface area contributed by atoms with Gasteiger partial charge >= 0.3 is 0 Å². The topological polar surface area (TPSA) is 48.1 Å². The van der Waals surface area contributed by atoms with E-state index in [2.05, 4.69) is 109 Å². The second-order valence-corrected chi connectivity index (χ2v) is 10.5. The molecule has 3 heteroatoms. The zero-order valence-electron chi connectivity index (χ0n) is 21.8. The summed E-state index contributed by atoms with van der Waals surface area (Å²) in [4.78, 5) is 5.05. The summed E-state index contributed by atoms with van der Waals surface area (Å²) >= 11 is 0. The molecule has 5 aromatic carbocycles. The molecule has 6 aromatic rings. The molecule has 1 spiro atoms. The molecule has 2 heterocycles. The summed E-state index contributed by atoms with van der Waals surface area (Å²) in [7, 11) is 0. The van der Waals surface area contributed by atoms with Crippen LogP contribution in [0.2, 0.25) is 0 Å². The number of fused-ring (bicyclic) bond motifs is 9. The van der Waals surface area contributed by atoms with E-state index in [9.17, 15) is 0 Å². The van der Waals surface area contributed by atoms with E-state index < -0.39 is 5.41 Å². The van der Waals surface area contributed by atoms with Crippen LogP contribution in [0.4, 0.5) is 0 Å². The maximum atomic E-state index is 6.45. The van der Waals surface area contributed by atoms with Crippen molar-refractivity contribution in [3.63, 3.8) is 0 Å². The van der Waals surface area contributed by atoms with Crippen LogP contribution in [0.25, 0.3) is 33.4 Å². The number of ether oxygens (including phenoxy) is 1. The van der Waals surface area contributed by atoms with Crippen molar-refractivity contribution in [3.05, 3.63) is 162 Å². The summed E-state index contributed by atoms with van der Waals surface area (Å²) in [6.45, 7) is 0.547. The van der Waals surface area contributed by atoms with E-state index in [-0.39, 0.29) is 0 Å². The van der Waals surface area contributed by atoms with Gasteiger partial charge in [0, 0.05) is 29.4 Å². The molecule has 1 aromatic heterocycles. The quantitative estimate of drug-likeness (QED) is 0.258. The van der Waals surface area contributed by atoms with Crippen molar-refractivity contribution in [2.45, 2.75) is 12.0 Å². The Morgan fingerprint density at radius 2 is 1.20 bits per heavy atom. The van der Waals surface area contributed by atoms with Gasteiger partial charge in [0.05, 0.1) is 11.1 Å². The normalized spacial score (nSPS) is 13.6. The third-order valence-electron chi connectivity index (χ3n) is 8.40. The zero-order valence-corrected chi connectivity index (χ0v) is 21.8. The fourth-order valence-electron chi connectivity index (χ4n) is 6.57. The second kappa shape index (κ2) is 8.77. The summed E-state index contributed by atoms with van der Waals surface area (Å²) in [5.74, 6) is 1.75. The van der Waals surface area contributed by atoms with E-state index in [0.717, 1.165) is 33.9 Å². The Balaban J connectivity index is 1.37. The summed E-state index contributed by atoms with van der Waals surface area (Å²) in [5.41, 5.74) is 18.0. The van der Waals surface area contributed by atoms with Gasteiger partial charge in [-0.25, -0.2) is 0 Å². The number of nitrogens with zero attached hydrogens (tertiary/aromatic N) is 1. The Kier molecular flexibility index (Phi) is 5.03. The third-order valence-corrected chi connectivity index (χ3v) is 8.40. The lowest BCUT2D eigenvalue weighted by Crippen LogP contribution is -2.33. The molecule has 0 unspecified atom stereocenters. The fraction of sp³-hybridized carbons (Fsp3) is 0.0541. The van der Waals surface area contributed by atoms with E-state index >= 15 is 0 Å². The number of hydrogen-bond acceptors (Lipinski definition) is 3. The average molecular weight is 515 g/mol. The van der Waals surface area contributed by atoms with Gasteiger partial charge in [-0.15, -0.1) is 0 Å². The monoisotopic (exact) mass is 514 g/mol. The van der Waals surface area contributed by atoms with Crippen LogP contribution in [-0.4, -0.2) is 4.98 Å². The molecule has 190 valence electrons. The fourth-order valence-corrected chi connectivity index (χ4v) is 6.57. The molecule has 0 amide bonds. The molecule has 2 N–H and O–H groups in total. The molecule has 0 atom stereocenters. The van der Waals surface area contributed by atoms with Crippen LogP contribution in [0, 0.1) is 0 Å². The first-order chi connectivity index (χ1) is 19.8. The molecular weight excluding hydrogens is 488 g/mol. The number of para-hydroxylation sites is 2. The second-order valence-electron chi connectivity index (χ2n) is 10.5. The first kappa shape index (κ1) is 22.9. The molecule has 1 aliphatic heterocycles. The molecule has 40 heavy (non-hydrogen) atoms. The van der Waals surface area contributed by atoms with Crippen molar-refractivity contribution in [1.82, 2.24) is 4.98 Å². The molecule has 2 aliphatic rings. The van der Waals surface area contributed by atoms with Gasteiger partial charge in [-0.05, 0) is 69.3 Å². The molecule has 3 nitrogen and oxygen atoms in total. The van der Waals surface area contributed by atoms with E-state index in [1.165, 1.54) is 38.9 Å². The Morgan fingerprint density at radius 1 is 0.550 bits per heavy atom.